The van der Waals surface area contributed by atoms with Crippen LogP contribution in [-0.4, -0.2) is 42.6 Å². The lowest BCUT2D eigenvalue weighted by Gasteiger charge is -2.35. The first kappa shape index (κ1) is 11.5. The summed E-state index contributed by atoms with van der Waals surface area (Å²) >= 11 is 3.56. The highest BCUT2D eigenvalue weighted by Gasteiger charge is 2.20. The van der Waals surface area contributed by atoms with Crippen LogP contribution in [0.5, 0.6) is 0 Å². The maximum atomic E-state index is 5.41. The Morgan fingerprint density at radius 1 is 1.62 bits per heavy atom. The molecule has 2 unspecified atom stereocenters. The number of halogens is 1. The van der Waals surface area contributed by atoms with Gasteiger partial charge in [0.25, 0.3) is 0 Å². The second-order valence-corrected chi connectivity index (χ2v) is 4.49. The molecule has 0 aromatic rings. The van der Waals surface area contributed by atoms with Crippen LogP contribution in [0, 0.1) is 5.92 Å². The SMILES string of the molecule is CCC(CBr)CN1CCOCC1C. The summed E-state index contributed by atoms with van der Waals surface area (Å²) in [5, 5.41) is 1.12. The molecule has 0 aromatic carbocycles. The first-order valence-electron chi connectivity index (χ1n) is 5.15. The van der Waals surface area contributed by atoms with Gasteiger partial charge in [0.1, 0.15) is 0 Å². The molecule has 0 amide bonds. The average Bonchev–Trinajstić information content (AvgIpc) is 2.17. The molecule has 0 saturated carbocycles. The molecule has 0 aromatic heterocycles. The molecule has 78 valence electrons. The maximum absolute atomic E-state index is 5.41. The summed E-state index contributed by atoms with van der Waals surface area (Å²) in [6.07, 6.45) is 1.26. The largest absolute Gasteiger partial charge is 0.379 e. The van der Waals surface area contributed by atoms with Gasteiger partial charge in [-0.05, 0) is 12.8 Å². The minimum Gasteiger partial charge on any atom is -0.379 e. The normalized spacial score (nSPS) is 27.5. The molecule has 13 heavy (non-hydrogen) atoms. The summed E-state index contributed by atoms with van der Waals surface area (Å²) in [5.74, 6) is 0.792. The van der Waals surface area contributed by atoms with Gasteiger partial charge in [-0.2, -0.15) is 0 Å². The van der Waals surface area contributed by atoms with Crippen LogP contribution in [0.3, 0.4) is 0 Å². The van der Waals surface area contributed by atoms with Gasteiger partial charge in [0.15, 0.2) is 0 Å². The number of nitrogens with zero attached hydrogens (tertiary/aromatic N) is 1. The second kappa shape index (κ2) is 5.99. The Morgan fingerprint density at radius 3 is 2.92 bits per heavy atom. The Morgan fingerprint density at radius 2 is 2.38 bits per heavy atom. The number of alkyl halides is 1. The van der Waals surface area contributed by atoms with E-state index in [-0.39, 0.29) is 0 Å². The molecule has 1 aliphatic heterocycles. The zero-order valence-corrected chi connectivity index (χ0v) is 10.2. The van der Waals surface area contributed by atoms with Gasteiger partial charge in [-0.25, -0.2) is 0 Å². The predicted octanol–water partition coefficient (Wildman–Crippen LogP) is 2.13. The van der Waals surface area contributed by atoms with Crippen molar-refractivity contribution in [3.05, 3.63) is 0 Å². The highest BCUT2D eigenvalue weighted by atomic mass is 79.9. The highest BCUT2D eigenvalue weighted by molar-refractivity contribution is 9.09. The van der Waals surface area contributed by atoms with Gasteiger partial charge in [-0.3, -0.25) is 4.90 Å². The Hall–Kier alpha value is 0.400. The molecule has 0 N–H and O–H groups in total. The lowest BCUT2D eigenvalue weighted by Crippen LogP contribution is -2.45. The van der Waals surface area contributed by atoms with Crippen molar-refractivity contribution in [1.82, 2.24) is 4.90 Å². The molecule has 2 nitrogen and oxygen atoms in total. The Bertz CT molecular complexity index is 139. The monoisotopic (exact) mass is 249 g/mol. The first-order valence-corrected chi connectivity index (χ1v) is 6.27. The van der Waals surface area contributed by atoms with Crippen molar-refractivity contribution in [1.29, 1.82) is 0 Å². The van der Waals surface area contributed by atoms with Gasteiger partial charge in [-0.1, -0.05) is 29.3 Å². The van der Waals surface area contributed by atoms with Gasteiger partial charge in [0.2, 0.25) is 0 Å². The van der Waals surface area contributed by atoms with Gasteiger partial charge in [0, 0.05) is 24.5 Å². The third kappa shape index (κ3) is 3.56. The van der Waals surface area contributed by atoms with Crippen LogP contribution in [-0.2, 0) is 4.74 Å². The molecule has 0 radical (unpaired) electrons. The Labute approximate surface area is 89.8 Å². The van der Waals surface area contributed by atoms with E-state index in [1.54, 1.807) is 0 Å². The molecule has 0 spiro atoms. The first-order chi connectivity index (χ1) is 6.27. The standard InChI is InChI=1S/C10H20BrNO/c1-3-10(6-11)7-12-4-5-13-8-9(12)2/h9-10H,3-8H2,1-2H3. The Kier molecular flexibility index (Phi) is 5.29. The summed E-state index contributed by atoms with van der Waals surface area (Å²) in [4.78, 5) is 2.54. The summed E-state index contributed by atoms with van der Waals surface area (Å²) < 4.78 is 5.41. The zero-order valence-electron chi connectivity index (χ0n) is 8.63. The van der Waals surface area contributed by atoms with E-state index >= 15 is 0 Å². The minimum absolute atomic E-state index is 0.599. The van der Waals surface area contributed by atoms with Crippen molar-refractivity contribution in [2.45, 2.75) is 26.3 Å². The predicted molar refractivity (Wildman–Crippen MR) is 59.4 cm³/mol. The summed E-state index contributed by atoms with van der Waals surface area (Å²) in [6.45, 7) is 8.63. The molecule has 2 atom stereocenters. The zero-order chi connectivity index (χ0) is 9.68. The van der Waals surface area contributed by atoms with Gasteiger partial charge in [0.05, 0.1) is 13.2 Å². The molecule has 1 fully saturated rings. The number of hydrogen-bond acceptors (Lipinski definition) is 2. The maximum Gasteiger partial charge on any atom is 0.0619 e. The third-order valence-corrected chi connectivity index (χ3v) is 3.71. The van der Waals surface area contributed by atoms with Crippen molar-refractivity contribution in [3.8, 4) is 0 Å². The summed E-state index contributed by atoms with van der Waals surface area (Å²) in [7, 11) is 0. The second-order valence-electron chi connectivity index (χ2n) is 3.85. The molecule has 3 heteroatoms. The van der Waals surface area contributed by atoms with Crippen LogP contribution in [0.1, 0.15) is 20.3 Å². The fourth-order valence-electron chi connectivity index (χ4n) is 1.65. The molecular weight excluding hydrogens is 230 g/mol. The van der Waals surface area contributed by atoms with Crippen molar-refractivity contribution >= 4 is 15.9 Å². The fraction of sp³-hybridized carbons (Fsp3) is 1.00. The summed E-state index contributed by atoms with van der Waals surface area (Å²) in [5.41, 5.74) is 0. The molecule has 0 bridgehead atoms. The van der Waals surface area contributed by atoms with E-state index in [9.17, 15) is 0 Å². The topological polar surface area (TPSA) is 12.5 Å². The molecule has 0 aliphatic carbocycles. The quantitative estimate of drug-likeness (QED) is 0.709. The molecular formula is C10H20BrNO. The summed E-state index contributed by atoms with van der Waals surface area (Å²) in [6, 6.07) is 0.599. The Balaban J connectivity index is 2.32. The molecule has 1 saturated heterocycles. The van der Waals surface area contributed by atoms with Crippen LogP contribution in [0.2, 0.25) is 0 Å². The van der Waals surface area contributed by atoms with E-state index in [0.717, 1.165) is 31.0 Å². The third-order valence-electron chi connectivity index (χ3n) is 2.79. The molecule has 1 heterocycles. The lowest BCUT2D eigenvalue weighted by atomic mass is 10.1. The van der Waals surface area contributed by atoms with Crippen molar-refractivity contribution < 1.29 is 4.74 Å². The van der Waals surface area contributed by atoms with Gasteiger partial charge in [-0.15, -0.1) is 0 Å². The van der Waals surface area contributed by atoms with Crippen molar-refractivity contribution in [2.75, 3.05) is 31.6 Å². The highest BCUT2D eigenvalue weighted by Crippen LogP contribution is 2.13. The number of ether oxygens (including phenoxy) is 1. The molecule has 1 rings (SSSR count). The average molecular weight is 250 g/mol. The molecule has 1 aliphatic rings. The van der Waals surface area contributed by atoms with Crippen LogP contribution in [0.15, 0.2) is 0 Å². The van der Waals surface area contributed by atoms with Crippen LogP contribution >= 0.6 is 15.9 Å². The number of hydrogen-bond donors (Lipinski definition) is 0. The van der Waals surface area contributed by atoms with Crippen LogP contribution in [0.25, 0.3) is 0 Å². The van der Waals surface area contributed by atoms with E-state index in [1.165, 1.54) is 13.0 Å². The van der Waals surface area contributed by atoms with Gasteiger partial charge >= 0.3 is 0 Å². The smallest absolute Gasteiger partial charge is 0.0619 e. The number of rotatable bonds is 4. The van der Waals surface area contributed by atoms with E-state index < -0.39 is 0 Å². The van der Waals surface area contributed by atoms with Crippen molar-refractivity contribution in [2.24, 2.45) is 5.92 Å². The lowest BCUT2D eigenvalue weighted by molar-refractivity contribution is -0.00602. The minimum atomic E-state index is 0.599. The van der Waals surface area contributed by atoms with E-state index in [4.69, 9.17) is 4.74 Å². The van der Waals surface area contributed by atoms with Crippen LogP contribution in [0.4, 0.5) is 0 Å². The number of morpholine rings is 1. The van der Waals surface area contributed by atoms with E-state index in [2.05, 4.69) is 34.7 Å². The fourth-order valence-corrected chi connectivity index (χ4v) is 2.31. The van der Waals surface area contributed by atoms with Crippen LogP contribution < -0.4 is 0 Å². The van der Waals surface area contributed by atoms with E-state index in [0.29, 0.717) is 6.04 Å². The van der Waals surface area contributed by atoms with Gasteiger partial charge < -0.3 is 4.74 Å². The van der Waals surface area contributed by atoms with E-state index in [1.807, 2.05) is 0 Å². The van der Waals surface area contributed by atoms with Crippen molar-refractivity contribution in [3.63, 3.8) is 0 Å².